The molecule has 4 atom stereocenters. The lowest BCUT2D eigenvalue weighted by Crippen LogP contribution is -2.53. The molecule has 0 saturated carbocycles. The Morgan fingerprint density at radius 3 is 2.27 bits per heavy atom. The van der Waals surface area contributed by atoms with Gasteiger partial charge < -0.3 is 23.7 Å². The van der Waals surface area contributed by atoms with Crippen molar-refractivity contribution in [3.63, 3.8) is 0 Å². The zero-order valence-corrected chi connectivity index (χ0v) is 14.1. The third-order valence-electron chi connectivity index (χ3n) is 3.78. The lowest BCUT2D eigenvalue weighted by Gasteiger charge is -2.38. The van der Waals surface area contributed by atoms with Gasteiger partial charge in [-0.05, 0) is 27.7 Å². The quantitative estimate of drug-likeness (QED) is 0.667. The fourth-order valence-corrected chi connectivity index (χ4v) is 3.64. The second-order valence-electron chi connectivity index (χ2n) is 6.77. The number of hydrogen-bond donors (Lipinski definition) is 0. The molecular formula is C13H22O8S. The van der Waals surface area contributed by atoms with Crippen molar-refractivity contribution < 1.29 is 36.3 Å². The molecule has 22 heavy (non-hydrogen) atoms. The van der Waals surface area contributed by atoms with E-state index >= 15 is 0 Å². The summed E-state index contributed by atoms with van der Waals surface area (Å²) >= 11 is 0. The Hall–Kier alpha value is -0.290. The first-order valence-electron chi connectivity index (χ1n) is 7.13. The fraction of sp³-hybridized carbons (Fsp3) is 1.00. The highest BCUT2D eigenvalue weighted by molar-refractivity contribution is 7.86. The predicted molar refractivity (Wildman–Crippen MR) is 73.3 cm³/mol. The van der Waals surface area contributed by atoms with Gasteiger partial charge in [0.1, 0.15) is 18.8 Å². The first-order valence-corrected chi connectivity index (χ1v) is 8.95. The van der Waals surface area contributed by atoms with Crippen molar-refractivity contribution in [3.8, 4) is 0 Å². The monoisotopic (exact) mass is 338 g/mol. The molecule has 3 fully saturated rings. The molecule has 0 aromatic heterocycles. The summed E-state index contributed by atoms with van der Waals surface area (Å²) in [6.45, 7) is 7.27. The molecule has 0 unspecified atom stereocenters. The van der Waals surface area contributed by atoms with Crippen LogP contribution in [0.5, 0.6) is 0 Å². The van der Waals surface area contributed by atoms with Crippen LogP contribution in [0.3, 0.4) is 0 Å². The molecule has 0 bridgehead atoms. The van der Waals surface area contributed by atoms with E-state index < -0.39 is 45.8 Å². The van der Waals surface area contributed by atoms with Crippen LogP contribution in [0.25, 0.3) is 0 Å². The van der Waals surface area contributed by atoms with E-state index in [2.05, 4.69) is 0 Å². The average molecular weight is 338 g/mol. The van der Waals surface area contributed by atoms with Gasteiger partial charge in [-0.3, -0.25) is 4.18 Å². The summed E-state index contributed by atoms with van der Waals surface area (Å²) in [6, 6.07) is 0. The summed E-state index contributed by atoms with van der Waals surface area (Å²) in [7, 11) is -3.73. The Morgan fingerprint density at radius 1 is 1.05 bits per heavy atom. The van der Waals surface area contributed by atoms with Crippen molar-refractivity contribution in [1.29, 1.82) is 0 Å². The van der Waals surface area contributed by atoms with Crippen molar-refractivity contribution in [2.24, 2.45) is 0 Å². The zero-order valence-electron chi connectivity index (χ0n) is 13.3. The average Bonchev–Trinajstić information content (AvgIpc) is 2.77. The molecule has 3 aliphatic rings. The molecule has 9 heteroatoms. The molecule has 0 amide bonds. The molecule has 8 nitrogen and oxygen atoms in total. The van der Waals surface area contributed by atoms with Crippen LogP contribution >= 0.6 is 0 Å². The summed E-state index contributed by atoms with van der Waals surface area (Å²) < 4.78 is 57.3. The molecule has 3 aliphatic heterocycles. The zero-order chi connectivity index (χ0) is 16.4. The van der Waals surface area contributed by atoms with Gasteiger partial charge in [0.05, 0.1) is 12.9 Å². The molecule has 0 aliphatic carbocycles. The lowest BCUT2D eigenvalue weighted by atomic mass is 10.0. The number of hydrogen-bond acceptors (Lipinski definition) is 8. The summed E-state index contributed by atoms with van der Waals surface area (Å²) in [6.07, 6.45) is -1.09. The van der Waals surface area contributed by atoms with Crippen LogP contribution in [-0.2, 0) is 38.0 Å². The summed E-state index contributed by atoms with van der Waals surface area (Å²) in [5.74, 6) is -3.08. The van der Waals surface area contributed by atoms with Crippen LogP contribution in [0.2, 0.25) is 0 Å². The van der Waals surface area contributed by atoms with Crippen LogP contribution in [0.15, 0.2) is 0 Å². The molecule has 3 rings (SSSR count). The normalized spacial score (nSPS) is 43.4. The Bertz CT molecular complexity index is 554. The van der Waals surface area contributed by atoms with Gasteiger partial charge in [0.2, 0.25) is 5.79 Å². The predicted octanol–water partition coefficient (Wildman–Crippen LogP) is 0.361. The number of rotatable bonds is 2. The van der Waals surface area contributed by atoms with Crippen LogP contribution in [0, 0.1) is 0 Å². The molecular weight excluding hydrogens is 316 g/mol. The van der Waals surface area contributed by atoms with E-state index in [9.17, 15) is 8.42 Å². The molecule has 3 saturated heterocycles. The molecule has 128 valence electrons. The molecule has 0 N–H and O–H groups in total. The minimum absolute atomic E-state index is 0.0526. The lowest BCUT2D eigenvalue weighted by molar-refractivity contribution is -0.303. The van der Waals surface area contributed by atoms with E-state index in [4.69, 9.17) is 27.9 Å². The minimum atomic E-state index is -3.73. The van der Waals surface area contributed by atoms with E-state index in [1.807, 2.05) is 0 Å². The third kappa shape index (κ3) is 3.03. The van der Waals surface area contributed by atoms with Crippen molar-refractivity contribution in [2.75, 3.05) is 19.5 Å². The second kappa shape index (κ2) is 4.85. The van der Waals surface area contributed by atoms with Gasteiger partial charge >= 0.3 is 0 Å². The standard InChI is InChI=1S/C13H22O8S/c1-11(2)16-6-8-9(19-11)10(20-22(5,14)15)13(18-8)7-17-12(3,4)21-13/h8-10H,6-7H2,1-5H3/t8-,9+,10-,13-/m0/s1. The van der Waals surface area contributed by atoms with Gasteiger partial charge in [-0.25, -0.2) is 0 Å². The number of fused-ring (bicyclic) bond motifs is 1. The van der Waals surface area contributed by atoms with Gasteiger partial charge in [-0.1, -0.05) is 0 Å². The SMILES string of the molecule is CC1(C)OC[C@@H]2O[C@]3(COC(C)(C)O3)[C@@H](OS(C)(=O)=O)[C@@H]2O1. The van der Waals surface area contributed by atoms with E-state index in [1.54, 1.807) is 27.7 Å². The molecule has 3 heterocycles. The highest BCUT2D eigenvalue weighted by Crippen LogP contribution is 2.46. The maximum Gasteiger partial charge on any atom is 0.264 e. The molecule has 1 spiro atoms. The second-order valence-corrected chi connectivity index (χ2v) is 8.37. The van der Waals surface area contributed by atoms with E-state index in [0.29, 0.717) is 0 Å². The minimum Gasteiger partial charge on any atom is -0.348 e. The van der Waals surface area contributed by atoms with Crippen molar-refractivity contribution in [2.45, 2.75) is 63.4 Å². The molecule has 0 aromatic carbocycles. The fourth-order valence-electron chi connectivity index (χ4n) is 3.01. The first kappa shape index (κ1) is 16.6. The topological polar surface area (TPSA) is 89.5 Å². The summed E-state index contributed by atoms with van der Waals surface area (Å²) in [4.78, 5) is 0. The van der Waals surface area contributed by atoms with Gasteiger partial charge in [0.25, 0.3) is 10.1 Å². The van der Waals surface area contributed by atoms with Gasteiger partial charge in [0, 0.05) is 0 Å². The van der Waals surface area contributed by atoms with Crippen molar-refractivity contribution in [3.05, 3.63) is 0 Å². The van der Waals surface area contributed by atoms with Crippen molar-refractivity contribution >= 4 is 10.1 Å². The van der Waals surface area contributed by atoms with E-state index in [-0.39, 0.29) is 13.2 Å². The van der Waals surface area contributed by atoms with Crippen LogP contribution < -0.4 is 0 Å². The maximum atomic E-state index is 11.7. The largest absolute Gasteiger partial charge is 0.348 e. The van der Waals surface area contributed by atoms with E-state index in [0.717, 1.165) is 6.26 Å². The van der Waals surface area contributed by atoms with Gasteiger partial charge in [0.15, 0.2) is 17.7 Å². The Kier molecular flexibility index (Phi) is 3.65. The van der Waals surface area contributed by atoms with Gasteiger partial charge in [-0.15, -0.1) is 0 Å². The third-order valence-corrected chi connectivity index (χ3v) is 4.34. The highest BCUT2D eigenvalue weighted by Gasteiger charge is 2.66. The maximum absolute atomic E-state index is 11.7. The summed E-state index contributed by atoms with van der Waals surface area (Å²) in [5, 5.41) is 0. The van der Waals surface area contributed by atoms with Crippen LogP contribution in [0.1, 0.15) is 27.7 Å². The van der Waals surface area contributed by atoms with Crippen molar-refractivity contribution in [1.82, 2.24) is 0 Å². The Morgan fingerprint density at radius 2 is 1.73 bits per heavy atom. The first-order chi connectivity index (χ1) is 9.92. The molecule has 0 aromatic rings. The Labute approximate surface area is 130 Å². The molecule has 0 radical (unpaired) electrons. The number of ether oxygens (including phenoxy) is 5. The van der Waals surface area contributed by atoms with Gasteiger partial charge in [-0.2, -0.15) is 8.42 Å². The Balaban J connectivity index is 1.93. The smallest absolute Gasteiger partial charge is 0.264 e. The summed E-state index contributed by atoms with van der Waals surface area (Å²) in [5.41, 5.74) is 0. The van der Waals surface area contributed by atoms with E-state index in [1.165, 1.54) is 0 Å². The van der Waals surface area contributed by atoms with Crippen LogP contribution in [-0.4, -0.2) is 63.6 Å². The van der Waals surface area contributed by atoms with Crippen LogP contribution in [0.4, 0.5) is 0 Å². The highest BCUT2D eigenvalue weighted by atomic mass is 32.2.